The van der Waals surface area contributed by atoms with Gasteiger partial charge in [-0.1, -0.05) is 117 Å². The molecule has 0 saturated carbocycles. The van der Waals surface area contributed by atoms with Crippen LogP contribution in [0.4, 0.5) is 0 Å². The molecule has 4 nitrogen and oxygen atoms in total. The van der Waals surface area contributed by atoms with E-state index in [0.29, 0.717) is 5.92 Å². The maximum absolute atomic E-state index is 12.2. The van der Waals surface area contributed by atoms with Crippen LogP contribution in [0.25, 0.3) is 54.3 Å². The minimum Gasteiger partial charge on any atom is -0.512 e. The average molecular weight is 949 g/mol. The van der Waals surface area contributed by atoms with Crippen LogP contribution in [0.2, 0.25) is 0 Å². The van der Waals surface area contributed by atoms with E-state index in [0.717, 1.165) is 59.2 Å². The van der Waals surface area contributed by atoms with E-state index in [1.165, 1.54) is 54.9 Å². The minimum absolute atomic E-state index is 0. The molecular formula is C50H62IrNO3S-. The molecular weight excluding hydrogens is 887 g/mol. The Kier molecular flexibility index (Phi) is 14.4. The minimum atomic E-state index is -0.337. The number of aliphatic hydroxyl groups is 1. The molecule has 0 aliphatic rings. The molecule has 0 unspecified atom stereocenters. The summed E-state index contributed by atoms with van der Waals surface area (Å²) in [6.07, 6.45) is 7.69. The summed E-state index contributed by atoms with van der Waals surface area (Å²) in [7, 11) is 0. The Morgan fingerprint density at radius 1 is 0.893 bits per heavy atom. The van der Waals surface area contributed by atoms with Crippen molar-refractivity contribution in [1.29, 1.82) is 0 Å². The van der Waals surface area contributed by atoms with Gasteiger partial charge >= 0.3 is 0 Å². The number of rotatable bonds is 11. The number of hydrogen-bond donors (Lipinski definition) is 1. The van der Waals surface area contributed by atoms with E-state index in [1.54, 1.807) is 11.3 Å². The molecule has 1 N–H and O–H groups in total. The number of pyridine rings is 1. The van der Waals surface area contributed by atoms with Gasteiger partial charge in [-0.3, -0.25) is 9.78 Å². The first kappa shape index (κ1) is 45.1. The molecule has 0 amide bonds. The third-order valence-corrected chi connectivity index (χ3v) is 13.3. The number of aryl methyl sites for hydroxylation is 2. The number of aromatic nitrogens is 1. The molecule has 0 fully saturated rings. The third-order valence-electron chi connectivity index (χ3n) is 12.2. The second-order valence-corrected chi connectivity index (χ2v) is 18.6. The van der Waals surface area contributed by atoms with Gasteiger partial charge in [-0.05, 0) is 91.7 Å². The van der Waals surface area contributed by atoms with Crippen molar-refractivity contribution < 1.29 is 34.4 Å². The quantitative estimate of drug-likeness (QED) is 0.0798. The van der Waals surface area contributed by atoms with Gasteiger partial charge in [0.1, 0.15) is 16.2 Å². The Labute approximate surface area is 353 Å². The number of furan rings is 1. The van der Waals surface area contributed by atoms with Crippen LogP contribution in [-0.4, -0.2) is 15.9 Å². The van der Waals surface area contributed by atoms with E-state index in [-0.39, 0.29) is 47.9 Å². The molecule has 3 aromatic carbocycles. The largest absolute Gasteiger partial charge is 0.512 e. The molecule has 3 aromatic heterocycles. The van der Waals surface area contributed by atoms with Crippen molar-refractivity contribution in [3.8, 4) is 22.4 Å². The third kappa shape index (κ3) is 9.25. The Balaban J connectivity index is 0.000000330. The first-order chi connectivity index (χ1) is 25.9. The summed E-state index contributed by atoms with van der Waals surface area (Å²) in [6, 6.07) is 23.5. The van der Waals surface area contributed by atoms with Crippen molar-refractivity contribution in [2.45, 2.75) is 128 Å². The van der Waals surface area contributed by atoms with E-state index in [9.17, 15) is 9.90 Å². The summed E-state index contributed by atoms with van der Waals surface area (Å²) in [6.45, 7) is 27.9. The summed E-state index contributed by atoms with van der Waals surface area (Å²) in [4.78, 5) is 19.8. The van der Waals surface area contributed by atoms with Gasteiger partial charge in [0.2, 0.25) is 0 Å². The van der Waals surface area contributed by atoms with Gasteiger partial charge in [-0.25, -0.2) is 0 Å². The monoisotopic (exact) mass is 949 g/mol. The Morgan fingerprint density at radius 3 is 2.14 bits per heavy atom. The van der Waals surface area contributed by atoms with E-state index < -0.39 is 0 Å². The Bertz CT molecular complexity index is 2340. The Hall–Kier alpha value is -3.57. The molecule has 6 aromatic rings. The van der Waals surface area contributed by atoms with Gasteiger partial charge in [0.15, 0.2) is 5.78 Å². The van der Waals surface area contributed by atoms with Crippen LogP contribution in [0.5, 0.6) is 0 Å². The molecule has 0 aliphatic heterocycles. The molecule has 301 valence electrons. The van der Waals surface area contributed by atoms with Gasteiger partial charge in [0.05, 0.1) is 6.26 Å². The van der Waals surface area contributed by atoms with Crippen molar-refractivity contribution in [1.82, 2.24) is 4.98 Å². The van der Waals surface area contributed by atoms with Crippen molar-refractivity contribution in [2.75, 3.05) is 0 Å². The number of nitrogens with zero attached hydrogens (tertiary/aromatic N) is 1. The van der Waals surface area contributed by atoms with Gasteiger partial charge in [-0.15, -0.1) is 40.5 Å². The van der Waals surface area contributed by atoms with Crippen LogP contribution in [-0.2, 0) is 36.7 Å². The molecule has 1 radical (unpaired) electrons. The predicted molar refractivity (Wildman–Crippen MR) is 236 cm³/mol. The maximum Gasteiger partial charge on any atom is 0.164 e. The summed E-state index contributed by atoms with van der Waals surface area (Å²) in [5, 5.41) is 15.0. The first-order valence-corrected chi connectivity index (χ1v) is 21.0. The number of hydrogen-bond acceptors (Lipinski definition) is 5. The molecule has 6 heteroatoms. The van der Waals surface area contributed by atoms with E-state index >= 15 is 0 Å². The van der Waals surface area contributed by atoms with Crippen molar-refractivity contribution >= 4 is 49.1 Å². The van der Waals surface area contributed by atoms with Crippen molar-refractivity contribution in [2.24, 2.45) is 16.7 Å². The molecule has 0 spiro atoms. The molecule has 3 heterocycles. The zero-order valence-corrected chi connectivity index (χ0v) is 39.1. The predicted octanol–water partition coefficient (Wildman–Crippen LogP) is 15.1. The second-order valence-electron chi connectivity index (χ2n) is 17.4. The summed E-state index contributed by atoms with van der Waals surface area (Å²) in [5.74, 6) is 0.856. The van der Waals surface area contributed by atoms with Crippen molar-refractivity contribution in [3.05, 3.63) is 100 Å². The van der Waals surface area contributed by atoms with Crippen LogP contribution in [0.3, 0.4) is 0 Å². The zero-order chi connectivity index (χ0) is 40.5. The fourth-order valence-electron chi connectivity index (χ4n) is 7.24. The van der Waals surface area contributed by atoms with E-state index in [1.807, 2.05) is 47.8 Å². The maximum atomic E-state index is 12.2. The van der Waals surface area contributed by atoms with Crippen LogP contribution >= 0.6 is 11.3 Å². The number of allylic oxidation sites excluding steroid dienone is 2. The number of ketones is 1. The first-order valence-electron chi connectivity index (χ1n) is 20.2. The second kappa shape index (κ2) is 17.9. The standard InChI is InChI=1S/C35H34NOS.C15H28O2.Ir/c1-20(2)14-26-19-37-32-13-12-24(16-28(26)32)29-18-31(36-34-33(29)21(3)22(4)38-34)25-15-23-10-8-9-11-27(23)30(17-25)35(5,6)7;1-7-14(5,8-2)12(16)11-13(17)15(6,9-3)10-4;/h8-13,16-20H,14H2,1-7H3;11,16H,7-10H2,1-6H3;/q-1;;/b;12-11-;. The SMILES string of the molecule is CCC(C)(CC)C(=O)/C=C(\O)C(C)(CC)CC.Cc1sc2nc(-c3[c-]c4ccccc4c(C(C)(C)C)c3)cc(-c3ccc4occ(CC(C)C)c4c3)c2c1C.[Ir]. The van der Waals surface area contributed by atoms with E-state index in [2.05, 4.69) is 109 Å². The number of fused-ring (bicyclic) bond motifs is 3. The summed E-state index contributed by atoms with van der Waals surface area (Å²) in [5.41, 5.74) is 8.71. The number of aliphatic hydroxyl groups excluding tert-OH is 1. The fraction of sp³-hybridized carbons (Fsp3) is 0.440. The average Bonchev–Trinajstić information content (AvgIpc) is 3.70. The molecule has 0 saturated heterocycles. The number of benzene rings is 3. The smallest absolute Gasteiger partial charge is 0.164 e. The van der Waals surface area contributed by atoms with Gasteiger partial charge in [-0.2, -0.15) is 0 Å². The van der Waals surface area contributed by atoms with Crippen LogP contribution in [0.1, 0.15) is 123 Å². The van der Waals surface area contributed by atoms with Crippen LogP contribution in [0.15, 0.2) is 77.1 Å². The number of carbonyl (C=O) groups is 1. The molecule has 0 bridgehead atoms. The molecule has 56 heavy (non-hydrogen) atoms. The molecule has 0 atom stereocenters. The summed E-state index contributed by atoms with van der Waals surface area (Å²) < 4.78 is 5.92. The number of thiophene rings is 1. The van der Waals surface area contributed by atoms with Gasteiger partial charge in [0.25, 0.3) is 0 Å². The molecule has 6 rings (SSSR count). The normalized spacial score (nSPS) is 12.6. The topological polar surface area (TPSA) is 63.3 Å². The van der Waals surface area contributed by atoms with Gasteiger partial charge < -0.3 is 9.52 Å². The molecule has 0 aliphatic carbocycles. The van der Waals surface area contributed by atoms with Crippen LogP contribution in [0, 0.1) is 36.7 Å². The Morgan fingerprint density at radius 2 is 1.54 bits per heavy atom. The number of carbonyl (C=O) groups excluding carboxylic acids is 1. The zero-order valence-electron chi connectivity index (χ0n) is 35.9. The van der Waals surface area contributed by atoms with Crippen molar-refractivity contribution in [3.63, 3.8) is 0 Å². The van der Waals surface area contributed by atoms with E-state index in [4.69, 9.17) is 9.40 Å². The summed E-state index contributed by atoms with van der Waals surface area (Å²) >= 11 is 1.78. The fourth-order valence-corrected chi connectivity index (χ4v) is 8.29. The van der Waals surface area contributed by atoms with Gasteiger partial charge in [0, 0.05) is 58.4 Å². The van der Waals surface area contributed by atoms with Crippen LogP contribution < -0.4 is 0 Å².